The molecule has 1 aliphatic rings. The van der Waals surface area contributed by atoms with Crippen LogP contribution in [0.15, 0.2) is 54.6 Å². The Labute approximate surface area is 159 Å². The monoisotopic (exact) mass is 368 g/mol. The normalized spacial score (nSPS) is 19.4. The van der Waals surface area contributed by atoms with Gasteiger partial charge in [-0.3, -0.25) is 9.59 Å². The van der Waals surface area contributed by atoms with Gasteiger partial charge < -0.3 is 10.2 Å². The zero-order valence-electron chi connectivity index (χ0n) is 15.1. The lowest BCUT2D eigenvalue weighted by Gasteiger charge is -2.28. The van der Waals surface area contributed by atoms with E-state index in [1.807, 2.05) is 61.5 Å². The molecular weight excluding hydrogens is 344 g/mol. The van der Waals surface area contributed by atoms with Crippen LogP contribution in [0.1, 0.15) is 29.0 Å². The third kappa shape index (κ3) is 4.28. The molecule has 0 aromatic heterocycles. The molecule has 0 radical (unpaired) electrons. The first-order valence-corrected chi connectivity index (χ1v) is 9.90. The highest BCUT2D eigenvalue weighted by Gasteiger charge is 2.40. The molecule has 1 heterocycles. The van der Waals surface area contributed by atoms with E-state index in [1.165, 1.54) is 18.1 Å². The molecule has 2 aromatic rings. The fourth-order valence-electron chi connectivity index (χ4n) is 3.17. The fraction of sp³-hybridized carbons (Fsp3) is 0.333. The lowest BCUT2D eigenvalue weighted by atomic mass is 10.1. The number of carbonyl (C=O) groups excluding carboxylic acids is 2. The fourth-order valence-corrected chi connectivity index (χ4v) is 4.66. The first kappa shape index (κ1) is 18.5. The lowest BCUT2D eigenvalue weighted by Crippen LogP contribution is -2.47. The van der Waals surface area contributed by atoms with Gasteiger partial charge in [-0.2, -0.15) is 0 Å². The minimum atomic E-state index is -0.417. The van der Waals surface area contributed by atoms with Crippen molar-refractivity contribution in [2.45, 2.75) is 31.7 Å². The molecule has 2 unspecified atom stereocenters. The van der Waals surface area contributed by atoms with Gasteiger partial charge >= 0.3 is 0 Å². The number of carbonyl (C=O) groups is 2. The average Bonchev–Trinajstić information content (AvgIpc) is 3.08. The molecule has 2 aromatic carbocycles. The van der Waals surface area contributed by atoms with Crippen molar-refractivity contribution in [2.75, 3.05) is 12.3 Å². The van der Waals surface area contributed by atoms with Gasteiger partial charge in [-0.1, -0.05) is 60.2 Å². The standard InChI is InChI=1S/C21H24N2O2S/c1-15-8-10-18(11-9-15)21-23(16(2)24)19(14-26-21)20(25)22-13-12-17-6-4-3-5-7-17/h3-11,19,21H,12-14H2,1-2H3,(H,22,25). The average molecular weight is 369 g/mol. The Morgan fingerprint density at radius 1 is 1.12 bits per heavy atom. The summed E-state index contributed by atoms with van der Waals surface area (Å²) in [4.78, 5) is 26.6. The van der Waals surface area contributed by atoms with Gasteiger partial charge in [-0.15, -0.1) is 11.8 Å². The molecule has 136 valence electrons. The molecule has 3 rings (SSSR count). The maximum atomic E-state index is 12.7. The van der Waals surface area contributed by atoms with Gasteiger partial charge in [0.15, 0.2) is 0 Å². The number of hydrogen-bond acceptors (Lipinski definition) is 3. The van der Waals surface area contributed by atoms with Gasteiger partial charge in [-0.25, -0.2) is 0 Å². The molecule has 4 nitrogen and oxygen atoms in total. The smallest absolute Gasteiger partial charge is 0.243 e. The van der Waals surface area contributed by atoms with E-state index in [9.17, 15) is 9.59 Å². The molecule has 1 aliphatic heterocycles. The first-order valence-electron chi connectivity index (χ1n) is 8.85. The zero-order chi connectivity index (χ0) is 18.5. The number of nitrogens with zero attached hydrogens (tertiary/aromatic N) is 1. The van der Waals surface area contributed by atoms with Crippen LogP contribution in [0.4, 0.5) is 0 Å². The van der Waals surface area contributed by atoms with Crippen molar-refractivity contribution < 1.29 is 9.59 Å². The van der Waals surface area contributed by atoms with Gasteiger partial charge in [0, 0.05) is 19.2 Å². The molecule has 2 atom stereocenters. The summed E-state index contributed by atoms with van der Waals surface area (Å²) in [6, 6.07) is 17.8. The number of benzene rings is 2. The van der Waals surface area contributed by atoms with E-state index in [2.05, 4.69) is 5.32 Å². The Morgan fingerprint density at radius 3 is 2.46 bits per heavy atom. The second-order valence-corrected chi connectivity index (χ2v) is 7.68. The summed E-state index contributed by atoms with van der Waals surface area (Å²) >= 11 is 1.65. The van der Waals surface area contributed by atoms with Crippen molar-refractivity contribution in [1.29, 1.82) is 0 Å². The molecular formula is C21H24N2O2S. The maximum Gasteiger partial charge on any atom is 0.243 e. The van der Waals surface area contributed by atoms with Gasteiger partial charge in [-0.05, 0) is 24.5 Å². The molecule has 0 aliphatic carbocycles. The van der Waals surface area contributed by atoms with E-state index in [1.54, 1.807) is 16.7 Å². The molecule has 1 fully saturated rings. The zero-order valence-corrected chi connectivity index (χ0v) is 16.0. The number of thioether (sulfide) groups is 1. The van der Waals surface area contributed by atoms with Crippen molar-refractivity contribution in [3.63, 3.8) is 0 Å². The van der Waals surface area contributed by atoms with Crippen molar-refractivity contribution in [2.24, 2.45) is 0 Å². The summed E-state index contributed by atoms with van der Waals surface area (Å²) in [6.45, 7) is 4.15. The molecule has 1 N–H and O–H groups in total. The Bertz CT molecular complexity index is 761. The Balaban J connectivity index is 1.64. The lowest BCUT2D eigenvalue weighted by molar-refractivity contribution is -0.138. The van der Waals surface area contributed by atoms with E-state index in [4.69, 9.17) is 0 Å². The summed E-state index contributed by atoms with van der Waals surface area (Å²) < 4.78 is 0. The molecule has 2 amide bonds. The van der Waals surface area contributed by atoms with E-state index in [0.29, 0.717) is 12.3 Å². The van der Waals surface area contributed by atoms with Crippen LogP contribution < -0.4 is 5.32 Å². The SMILES string of the molecule is CC(=O)N1C(C(=O)NCCc2ccccc2)CSC1c1ccc(C)cc1. The highest BCUT2D eigenvalue weighted by Crippen LogP contribution is 2.41. The van der Waals surface area contributed by atoms with Crippen LogP contribution in [-0.4, -0.2) is 35.1 Å². The number of hydrogen-bond donors (Lipinski definition) is 1. The molecule has 0 saturated carbocycles. The van der Waals surface area contributed by atoms with Crippen molar-refractivity contribution in [1.82, 2.24) is 10.2 Å². The second-order valence-electron chi connectivity index (χ2n) is 6.57. The summed E-state index contributed by atoms with van der Waals surface area (Å²) in [5.41, 5.74) is 3.44. The molecule has 26 heavy (non-hydrogen) atoms. The van der Waals surface area contributed by atoms with Gasteiger partial charge in [0.25, 0.3) is 0 Å². The van der Waals surface area contributed by atoms with Crippen LogP contribution >= 0.6 is 11.8 Å². The number of amides is 2. The predicted molar refractivity (Wildman–Crippen MR) is 106 cm³/mol. The van der Waals surface area contributed by atoms with E-state index in [-0.39, 0.29) is 17.2 Å². The highest BCUT2D eigenvalue weighted by atomic mass is 32.2. The molecule has 5 heteroatoms. The summed E-state index contributed by atoms with van der Waals surface area (Å²) in [5, 5.41) is 2.89. The Morgan fingerprint density at radius 2 is 1.81 bits per heavy atom. The van der Waals surface area contributed by atoms with E-state index < -0.39 is 6.04 Å². The second kappa shape index (κ2) is 8.41. The topological polar surface area (TPSA) is 49.4 Å². The third-order valence-electron chi connectivity index (χ3n) is 4.58. The quantitative estimate of drug-likeness (QED) is 0.881. The molecule has 0 spiro atoms. The van der Waals surface area contributed by atoms with Crippen LogP contribution in [0.2, 0.25) is 0 Å². The maximum absolute atomic E-state index is 12.7. The Hall–Kier alpha value is -2.27. The van der Waals surface area contributed by atoms with Gasteiger partial charge in [0.1, 0.15) is 11.4 Å². The summed E-state index contributed by atoms with van der Waals surface area (Å²) in [5.74, 6) is 0.483. The van der Waals surface area contributed by atoms with Crippen LogP contribution in [0, 0.1) is 6.92 Å². The summed E-state index contributed by atoms with van der Waals surface area (Å²) in [6.07, 6.45) is 0.786. The molecule has 0 bridgehead atoms. The Kier molecular flexibility index (Phi) is 5.99. The summed E-state index contributed by atoms with van der Waals surface area (Å²) in [7, 11) is 0. The first-order chi connectivity index (χ1) is 12.6. The molecule has 1 saturated heterocycles. The van der Waals surface area contributed by atoms with Crippen molar-refractivity contribution in [3.05, 3.63) is 71.3 Å². The van der Waals surface area contributed by atoms with Crippen molar-refractivity contribution in [3.8, 4) is 0 Å². The third-order valence-corrected chi connectivity index (χ3v) is 5.91. The number of nitrogens with one attached hydrogen (secondary N) is 1. The predicted octanol–water partition coefficient (Wildman–Crippen LogP) is 3.32. The van der Waals surface area contributed by atoms with Crippen LogP contribution in [0.3, 0.4) is 0 Å². The minimum Gasteiger partial charge on any atom is -0.354 e. The number of rotatable bonds is 5. The largest absolute Gasteiger partial charge is 0.354 e. The van der Waals surface area contributed by atoms with Crippen molar-refractivity contribution >= 4 is 23.6 Å². The van der Waals surface area contributed by atoms with Gasteiger partial charge in [0.2, 0.25) is 11.8 Å². The van der Waals surface area contributed by atoms with E-state index >= 15 is 0 Å². The van der Waals surface area contributed by atoms with Crippen LogP contribution in [0.25, 0.3) is 0 Å². The van der Waals surface area contributed by atoms with Crippen LogP contribution in [-0.2, 0) is 16.0 Å². The number of aryl methyl sites for hydroxylation is 1. The minimum absolute atomic E-state index is 0.0659. The highest BCUT2D eigenvalue weighted by molar-refractivity contribution is 7.99. The van der Waals surface area contributed by atoms with Gasteiger partial charge in [0.05, 0.1) is 0 Å². The van der Waals surface area contributed by atoms with E-state index in [0.717, 1.165) is 12.0 Å². The van der Waals surface area contributed by atoms with Crippen LogP contribution in [0.5, 0.6) is 0 Å².